The molecule has 1 heterocycles. The van der Waals surface area contributed by atoms with Crippen LogP contribution < -0.4 is 5.32 Å². The van der Waals surface area contributed by atoms with Gasteiger partial charge >= 0.3 is 12.4 Å². The maximum atomic E-state index is 13.5. The standard InChI is InChI=1S/C21H18F6N4O2/c1-11-3-5-13(6-4-11)14-7-15(18(32)30-12(2)17-28-10-29-31-17)9-16(8-14)19(33,20(22,23)24)21(25,26)27/h3-10,12,33H,1-2H3,(H,30,32)(H,28,29,31)/t12-/m0/s1. The maximum absolute atomic E-state index is 13.5. The third-order valence-corrected chi connectivity index (χ3v) is 5.01. The van der Waals surface area contributed by atoms with Gasteiger partial charge < -0.3 is 15.4 Å². The molecule has 0 saturated carbocycles. The van der Waals surface area contributed by atoms with Crippen molar-refractivity contribution in [1.82, 2.24) is 20.5 Å². The second-order valence-electron chi connectivity index (χ2n) is 7.44. The molecule has 0 radical (unpaired) electrons. The van der Waals surface area contributed by atoms with Crippen LogP contribution in [-0.2, 0) is 5.60 Å². The van der Waals surface area contributed by atoms with Gasteiger partial charge in [-0.15, -0.1) is 10.2 Å². The Hall–Kier alpha value is -3.41. The van der Waals surface area contributed by atoms with Gasteiger partial charge in [-0.3, -0.25) is 4.79 Å². The lowest BCUT2D eigenvalue weighted by Gasteiger charge is -2.33. The Labute approximate surface area is 183 Å². The minimum absolute atomic E-state index is 0.114. The normalized spacial score (nSPS) is 13.6. The number of carbonyl (C=O) groups is 1. The summed E-state index contributed by atoms with van der Waals surface area (Å²) in [6.07, 6.45) is -11.0. The molecule has 0 aliphatic rings. The topological polar surface area (TPSA) is 90.9 Å². The van der Waals surface area contributed by atoms with E-state index in [1.165, 1.54) is 25.4 Å². The number of rotatable bonds is 5. The van der Waals surface area contributed by atoms with Gasteiger partial charge in [0.05, 0.1) is 6.04 Å². The van der Waals surface area contributed by atoms with Gasteiger partial charge in [-0.05, 0) is 43.2 Å². The first kappa shape index (κ1) is 24.2. The molecular weight excluding hydrogens is 454 g/mol. The second kappa shape index (κ2) is 8.50. The number of carbonyl (C=O) groups excluding carboxylic acids is 1. The van der Waals surface area contributed by atoms with Gasteiger partial charge in [0.1, 0.15) is 6.33 Å². The van der Waals surface area contributed by atoms with Gasteiger partial charge in [-0.1, -0.05) is 29.8 Å². The summed E-state index contributed by atoms with van der Waals surface area (Å²) in [4.78, 5) is 15.4. The summed E-state index contributed by atoms with van der Waals surface area (Å²) in [5.74, 6) is -0.749. The van der Waals surface area contributed by atoms with Gasteiger partial charge in [-0.25, -0.2) is 0 Å². The fourth-order valence-corrected chi connectivity index (χ4v) is 3.14. The van der Waals surface area contributed by atoms with Crippen LogP contribution >= 0.6 is 0 Å². The van der Waals surface area contributed by atoms with Crippen LogP contribution in [0.1, 0.15) is 40.3 Å². The van der Waals surface area contributed by atoms with Gasteiger partial charge in [-0.2, -0.15) is 26.3 Å². The van der Waals surface area contributed by atoms with E-state index in [9.17, 15) is 36.2 Å². The first-order chi connectivity index (χ1) is 15.2. The molecule has 1 aromatic heterocycles. The van der Waals surface area contributed by atoms with E-state index in [0.29, 0.717) is 12.1 Å². The van der Waals surface area contributed by atoms with Crippen LogP contribution in [0.2, 0.25) is 0 Å². The number of aryl methyl sites for hydroxylation is 1. The Morgan fingerprint density at radius 2 is 1.61 bits per heavy atom. The Morgan fingerprint density at radius 1 is 1.00 bits per heavy atom. The number of aromatic nitrogens is 3. The Morgan fingerprint density at radius 3 is 2.12 bits per heavy atom. The van der Waals surface area contributed by atoms with Crippen LogP contribution in [0.5, 0.6) is 0 Å². The first-order valence-electron chi connectivity index (χ1n) is 9.49. The van der Waals surface area contributed by atoms with Crippen molar-refractivity contribution in [3.05, 3.63) is 71.3 Å². The van der Waals surface area contributed by atoms with Gasteiger partial charge in [0.25, 0.3) is 11.5 Å². The number of benzene rings is 2. The Balaban J connectivity index is 2.16. The highest BCUT2D eigenvalue weighted by Crippen LogP contribution is 2.50. The molecule has 3 N–H and O–H groups in total. The van der Waals surface area contributed by atoms with Crippen molar-refractivity contribution >= 4 is 5.91 Å². The fourth-order valence-electron chi connectivity index (χ4n) is 3.14. The average molecular weight is 472 g/mol. The Kier molecular flexibility index (Phi) is 6.25. The molecule has 0 aliphatic carbocycles. The van der Waals surface area contributed by atoms with E-state index in [4.69, 9.17) is 0 Å². The summed E-state index contributed by atoms with van der Waals surface area (Å²) in [6, 6.07) is 7.48. The number of amides is 1. The molecule has 176 valence electrons. The molecule has 0 aliphatic heterocycles. The lowest BCUT2D eigenvalue weighted by Crippen LogP contribution is -2.54. The minimum atomic E-state index is -6.10. The number of aliphatic hydroxyl groups is 1. The van der Waals surface area contributed by atoms with Crippen molar-refractivity contribution in [3.8, 4) is 11.1 Å². The Bertz CT molecular complexity index is 1110. The number of H-pyrrole nitrogens is 1. The summed E-state index contributed by atoms with van der Waals surface area (Å²) in [7, 11) is 0. The summed E-state index contributed by atoms with van der Waals surface area (Å²) >= 11 is 0. The third-order valence-electron chi connectivity index (χ3n) is 5.01. The van der Waals surface area contributed by atoms with Crippen molar-refractivity contribution < 1.29 is 36.2 Å². The van der Waals surface area contributed by atoms with Crippen LogP contribution in [0, 0.1) is 6.92 Å². The average Bonchev–Trinajstić information content (AvgIpc) is 3.26. The zero-order valence-electron chi connectivity index (χ0n) is 17.2. The van der Waals surface area contributed by atoms with E-state index in [2.05, 4.69) is 20.5 Å². The molecule has 2 aromatic carbocycles. The van der Waals surface area contributed by atoms with Crippen molar-refractivity contribution in [2.75, 3.05) is 0 Å². The fraction of sp³-hybridized carbons (Fsp3) is 0.286. The van der Waals surface area contributed by atoms with Crippen molar-refractivity contribution in [3.63, 3.8) is 0 Å². The second-order valence-corrected chi connectivity index (χ2v) is 7.44. The van der Waals surface area contributed by atoms with Crippen molar-refractivity contribution in [2.24, 2.45) is 0 Å². The molecular formula is C21H18F6N4O2. The molecule has 0 unspecified atom stereocenters. The lowest BCUT2D eigenvalue weighted by molar-refractivity contribution is -0.376. The van der Waals surface area contributed by atoms with Crippen LogP contribution in [0.15, 0.2) is 48.8 Å². The highest BCUT2D eigenvalue weighted by molar-refractivity contribution is 5.96. The smallest absolute Gasteiger partial charge is 0.369 e. The van der Waals surface area contributed by atoms with Gasteiger partial charge in [0.2, 0.25) is 0 Å². The van der Waals surface area contributed by atoms with E-state index in [1.54, 1.807) is 19.1 Å². The number of nitrogens with zero attached hydrogens (tertiary/aromatic N) is 2. The largest absolute Gasteiger partial charge is 0.430 e. The molecule has 0 saturated heterocycles. The number of halogens is 6. The first-order valence-corrected chi connectivity index (χ1v) is 9.49. The maximum Gasteiger partial charge on any atom is 0.430 e. The SMILES string of the molecule is Cc1ccc(-c2cc(C(=O)N[C@@H](C)c3nnc[nH]3)cc(C(O)(C(F)(F)F)C(F)(F)F)c2)cc1. The molecule has 3 rings (SSSR count). The highest BCUT2D eigenvalue weighted by Gasteiger charge is 2.71. The van der Waals surface area contributed by atoms with Crippen LogP contribution in [0.4, 0.5) is 26.3 Å². The molecule has 0 fully saturated rings. The van der Waals surface area contributed by atoms with Crippen LogP contribution in [-0.4, -0.2) is 38.5 Å². The molecule has 0 spiro atoms. The summed E-state index contributed by atoms with van der Waals surface area (Å²) < 4.78 is 81.1. The zero-order chi connectivity index (χ0) is 24.6. The van der Waals surface area contributed by atoms with Gasteiger partial charge in [0, 0.05) is 11.1 Å². The van der Waals surface area contributed by atoms with Crippen LogP contribution in [0.25, 0.3) is 11.1 Å². The summed E-state index contributed by atoms with van der Waals surface area (Å²) in [6.45, 7) is 3.24. The molecule has 33 heavy (non-hydrogen) atoms. The third kappa shape index (κ3) is 4.70. The number of hydrogen-bond acceptors (Lipinski definition) is 4. The molecule has 6 nitrogen and oxygen atoms in total. The van der Waals surface area contributed by atoms with Crippen molar-refractivity contribution in [1.29, 1.82) is 0 Å². The predicted molar refractivity (Wildman–Crippen MR) is 105 cm³/mol. The zero-order valence-corrected chi connectivity index (χ0v) is 17.2. The van der Waals surface area contributed by atoms with Gasteiger partial charge in [0.15, 0.2) is 5.82 Å². The highest BCUT2D eigenvalue weighted by atomic mass is 19.4. The number of alkyl halides is 6. The number of nitrogens with one attached hydrogen (secondary N) is 2. The number of hydrogen-bond donors (Lipinski definition) is 3. The lowest BCUT2D eigenvalue weighted by atomic mass is 9.87. The molecule has 0 bridgehead atoms. The van der Waals surface area contributed by atoms with E-state index in [-0.39, 0.29) is 17.0 Å². The van der Waals surface area contributed by atoms with Crippen molar-refractivity contribution in [2.45, 2.75) is 37.8 Å². The molecule has 1 amide bonds. The van der Waals surface area contributed by atoms with E-state index < -0.39 is 41.0 Å². The number of aromatic amines is 1. The predicted octanol–water partition coefficient (Wildman–Crippen LogP) is 4.58. The summed E-state index contributed by atoms with van der Waals surface area (Å²) in [5, 5.41) is 19.6. The van der Waals surface area contributed by atoms with E-state index in [0.717, 1.165) is 11.6 Å². The molecule has 1 atom stereocenters. The van der Waals surface area contributed by atoms with E-state index in [1.807, 2.05) is 0 Å². The quantitative estimate of drug-likeness (QED) is 0.474. The van der Waals surface area contributed by atoms with E-state index >= 15 is 0 Å². The monoisotopic (exact) mass is 472 g/mol. The van der Waals surface area contributed by atoms with Crippen LogP contribution in [0.3, 0.4) is 0 Å². The molecule has 3 aromatic rings. The minimum Gasteiger partial charge on any atom is -0.369 e. The molecule has 12 heteroatoms. The summed E-state index contributed by atoms with van der Waals surface area (Å²) in [5.41, 5.74) is -6.29.